The van der Waals surface area contributed by atoms with Crippen LogP contribution in [0.4, 0.5) is 4.39 Å². The third-order valence-corrected chi connectivity index (χ3v) is 3.36. The van der Waals surface area contributed by atoms with Crippen LogP contribution in [-0.4, -0.2) is 5.78 Å². The van der Waals surface area contributed by atoms with Gasteiger partial charge < -0.3 is 0 Å². The monoisotopic (exact) mass is 254 g/mol. The molecular formula is C12H8ClFOS. The largest absolute Gasteiger partial charge is 0.288 e. The molecule has 82 valence electrons. The molecule has 0 atom stereocenters. The van der Waals surface area contributed by atoms with E-state index in [1.807, 2.05) is 12.3 Å². The number of hydrogen-bond donors (Lipinski definition) is 0. The van der Waals surface area contributed by atoms with Gasteiger partial charge in [0.2, 0.25) is 0 Å². The number of ketones is 1. The molecule has 0 saturated heterocycles. The molecule has 4 heteroatoms. The summed E-state index contributed by atoms with van der Waals surface area (Å²) in [6, 6.07) is 5.68. The fraction of sp³-hybridized carbons (Fsp3) is 0.0833. The Bertz CT molecular complexity index is 548. The minimum absolute atomic E-state index is 0.0222. The van der Waals surface area contributed by atoms with Crippen molar-refractivity contribution in [2.75, 3.05) is 0 Å². The van der Waals surface area contributed by atoms with Crippen LogP contribution in [0.25, 0.3) is 0 Å². The van der Waals surface area contributed by atoms with Gasteiger partial charge in [-0.25, -0.2) is 4.39 Å². The predicted molar refractivity (Wildman–Crippen MR) is 63.9 cm³/mol. The first-order valence-corrected chi connectivity index (χ1v) is 5.89. The lowest BCUT2D eigenvalue weighted by molar-refractivity contribution is 0.103. The summed E-state index contributed by atoms with van der Waals surface area (Å²) in [5.74, 6) is -0.862. The van der Waals surface area contributed by atoms with Crippen LogP contribution in [0.3, 0.4) is 0 Å². The van der Waals surface area contributed by atoms with Gasteiger partial charge in [-0.05, 0) is 36.6 Å². The molecular weight excluding hydrogens is 247 g/mol. The summed E-state index contributed by atoms with van der Waals surface area (Å²) in [6.45, 7) is 1.83. The molecule has 0 spiro atoms. The van der Waals surface area contributed by atoms with E-state index in [4.69, 9.17) is 11.6 Å². The molecule has 1 aromatic carbocycles. The van der Waals surface area contributed by atoms with Gasteiger partial charge in [-0.15, -0.1) is 11.3 Å². The summed E-state index contributed by atoms with van der Waals surface area (Å²) < 4.78 is 13.5. The average Bonchev–Trinajstić information content (AvgIpc) is 2.67. The van der Waals surface area contributed by atoms with Gasteiger partial charge in [0, 0.05) is 15.5 Å². The van der Waals surface area contributed by atoms with E-state index < -0.39 is 5.82 Å². The summed E-state index contributed by atoms with van der Waals surface area (Å²) in [6.07, 6.45) is 0. The van der Waals surface area contributed by atoms with Crippen LogP contribution in [0.5, 0.6) is 0 Å². The van der Waals surface area contributed by atoms with Crippen LogP contribution in [0.15, 0.2) is 29.6 Å². The Balaban J connectivity index is 2.49. The molecule has 0 aliphatic carbocycles. The predicted octanol–water partition coefficient (Wildman–Crippen LogP) is 4.08. The lowest BCUT2D eigenvalue weighted by atomic mass is 10.0. The Kier molecular flexibility index (Phi) is 3.08. The molecule has 0 amide bonds. The van der Waals surface area contributed by atoms with Gasteiger partial charge in [0.15, 0.2) is 5.78 Å². The summed E-state index contributed by atoms with van der Waals surface area (Å²) in [5, 5.41) is 2.17. The maximum atomic E-state index is 13.5. The molecule has 0 saturated carbocycles. The van der Waals surface area contributed by atoms with Crippen molar-refractivity contribution in [2.45, 2.75) is 6.92 Å². The Hall–Kier alpha value is -1.19. The second-order valence-corrected chi connectivity index (χ2v) is 4.90. The van der Waals surface area contributed by atoms with E-state index in [0.29, 0.717) is 10.6 Å². The van der Waals surface area contributed by atoms with Crippen molar-refractivity contribution in [1.29, 1.82) is 0 Å². The second kappa shape index (κ2) is 4.36. The lowest BCUT2D eigenvalue weighted by Crippen LogP contribution is -2.04. The second-order valence-electron chi connectivity index (χ2n) is 3.34. The number of halogens is 2. The van der Waals surface area contributed by atoms with E-state index in [2.05, 4.69) is 0 Å². The van der Waals surface area contributed by atoms with E-state index in [0.717, 1.165) is 4.88 Å². The van der Waals surface area contributed by atoms with Crippen molar-refractivity contribution in [3.8, 4) is 0 Å². The van der Waals surface area contributed by atoms with Gasteiger partial charge in [-0.2, -0.15) is 0 Å². The molecule has 0 radical (unpaired) electrons. The first kappa shape index (κ1) is 11.3. The van der Waals surface area contributed by atoms with E-state index in [9.17, 15) is 9.18 Å². The molecule has 2 rings (SSSR count). The van der Waals surface area contributed by atoms with Gasteiger partial charge in [0.1, 0.15) is 5.82 Å². The summed E-state index contributed by atoms with van der Waals surface area (Å²) in [5.41, 5.74) is 0.556. The minimum Gasteiger partial charge on any atom is -0.288 e. The van der Waals surface area contributed by atoms with Crippen molar-refractivity contribution in [2.24, 2.45) is 0 Å². The molecule has 2 aromatic rings. The average molecular weight is 255 g/mol. The number of aryl methyl sites for hydroxylation is 1. The third-order valence-electron chi connectivity index (χ3n) is 2.28. The topological polar surface area (TPSA) is 17.1 Å². The Morgan fingerprint density at radius 2 is 2.06 bits per heavy atom. The zero-order chi connectivity index (χ0) is 11.7. The molecule has 0 bridgehead atoms. The van der Waals surface area contributed by atoms with Gasteiger partial charge in [0.05, 0.1) is 5.56 Å². The molecule has 0 fully saturated rings. The van der Waals surface area contributed by atoms with Crippen molar-refractivity contribution in [1.82, 2.24) is 0 Å². The number of thiophene rings is 1. The maximum absolute atomic E-state index is 13.5. The first-order chi connectivity index (χ1) is 7.59. The smallest absolute Gasteiger partial charge is 0.197 e. The van der Waals surface area contributed by atoms with Gasteiger partial charge >= 0.3 is 0 Å². The Labute approximate surface area is 101 Å². The van der Waals surface area contributed by atoms with E-state index in [1.165, 1.54) is 29.5 Å². The van der Waals surface area contributed by atoms with E-state index in [1.54, 1.807) is 6.07 Å². The molecule has 16 heavy (non-hydrogen) atoms. The van der Waals surface area contributed by atoms with Gasteiger partial charge in [0.25, 0.3) is 0 Å². The summed E-state index contributed by atoms with van der Waals surface area (Å²) in [7, 11) is 0. The number of carbonyl (C=O) groups excluding carboxylic acids is 1. The highest BCUT2D eigenvalue weighted by Gasteiger charge is 2.16. The zero-order valence-electron chi connectivity index (χ0n) is 8.46. The number of rotatable bonds is 2. The maximum Gasteiger partial charge on any atom is 0.197 e. The van der Waals surface area contributed by atoms with Gasteiger partial charge in [-0.1, -0.05) is 11.6 Å². The van der Waals surface area contributed by atoms with Crippen LogP contribution in [-0.2, 0) is 0 Å². The third kappa shape index (κ3) is 2.01. The molecule has 0 aliphatic rings. The van der Waals surface area contributed by atoms with Gasteiger partial charge in [-0.3, -0.25) is 4.79 Å². The normalized spacial score (nSPS) is 10.4. The number of benzene rings is 1. The lowest BCUT2D eigenvalue weighted by Gasteiger charge is -2.02. The Morgan fingerprint density at radius 1 is 1.31 bits per heavy atom. The summed E-state index contributed by atoms with van der Waals surface area (Å²) in [4.78, 5) is 12.9. The first-order valence-electron chi connectivity index (χ1n) is 4.63. The van der Waals surface area contributed by atoms with Crippen LogP contribution >= 0.6 is 22.9 Å². The number of carbonyl (C=O) groups is 1. The number of hydrogen-bond acceptors (Lipinski definition) is 2. The molecule has 1 aromatic heterocycles. The van der Waals surface area contributed by atoms with Crippen molar-refractivity contribution < 1.29 is 9.18 Å². The highest BCUT2D eigenvalue weighted by atomic mass is 35.5. The van der Waals surface area contributed by atoms with Crippen molar-refractivity contribution in [3.05, 3.63) is 56.5 Å². The summed E-state index contributed by atoms with van der Waals surface area (Å²) >= 11 is 7.21. The van der Waals surface area contributed by atoms with Crippen molar-refractivity contribution >= 4 is 28.7 Å². The fourth-order valence-corrected chi connectivity index (χ4v) is 2.31. The van der Waals surface area contributed by atoms with Crippen molar-refractivity contribution in [3.63, 3.8) is 0 Å². The molecule has 0 N–H and O–H groups in total. The molecule has 1 nitrogen and oxygen atoms in total. The zero-order valence-corrected chi connectivity index (χ0v) is 10.0. The minimum atomic E-state index is -0.542. The highest BCUT2D eigenvalue weighted by Crippen LogP contribution is 2.22. The quantitative estimate of drug-likeness (QED) is 0.738. The van der Waals surface area contributed by atoms with Crippen LogP contribution < -0.4 is 0 Å². The highest BCUT2D eigenvalue weighted by molar-refractivity contribution is 7.10. The van der Waals surface area contributed by atoms with E-state index in [-0.39, 0.29) is 11.3 Å². The van der Waals surface area contributed by atoms with E-state index >= 15 is 0 Å². The standard InChI is InChI=1S/C12H8ClFOS/c1-7-9(4-5-16-7)12(15)10-6-8(13)2-3-11(10)14/h2-6H,1H3. The Morgan fingerprint density at radius 3 is 2.69 bits per heavy atom. The van der Waals surface area contributed by atoms with Crippen LogP contribution in [0, 0.1) is 12.7 Å². The molecule has 1 heterocycles. The SMILES string of the molecule is Cc1sccc1C(=O)c1cc(Cl)ccc1F. The molecule has 0 aliphatic heterocycles. The fourth-order valence-electron chi connectivity index (χ4n) is 1.44. The van der Waals surface area contributed by atoms with Crippen LogP contribution in [0.2, 0.25) is 5.02 Å². The molecule has 0 unspecified atom stereocenters. The van der Waals surface area contributed by atoms with Crippen LogP contribution in [0.1, 0.15) is 20.8 Å².